The number of rotatable bonds is 9. The number of para-hydroxylation sites is 3. The second kappa shape index (κ2) is 11.2. The molecule has 0 aromatic heterocycles. The summed E-state index contributed by atoms with van der Waals surface area (Å²) in [6.07, 6.45) is 0. The summed E-state index contributed by atoms with van der Waals surface area (Å²) >= 11 is 0. The van der Waals surface area contributed by atoms with Crippen LogP contribution in [0.4, 0.5) is 5.69 Å². The fraction of sp³-hybridized carbons (Fsp3) is 0.167. The summed E-state index contributed by atoms with van der Waals surface area (Å²) in [5.74, 6) is -0.388. The Morgan fingerprint density at radius 2 is 1.50 bits per heavy atom. The molecule has 0 saturated carbocycles. The van der Waals surface area contributed by atoms with Crippen LogP contribution < -0.4 is 24.6 Å². The number of hydrogen-bond acceptors (Lipinski definition) is 6. The average Bonchev–Trinajstić information content (AvgIpc) is 2.87. The summed E-state index contributed by atoms with van der Waals surface area (Å²) in [7, 11) is -2.46. The van der Waals surface area contributed by atoms with Gasteiger partial charge in [0.25, 0.3) is 21.8 Å². The van der Waals surface area contributed by atoms with Crippen molar-refractivity contribution in [3.8, 4) is 11.5 Å². The maximum Gasteiger partial charge on any atom is 0.276 e. The summed E-state index contributed by atoms with van der Waals surface area (Å²) in [4.78, 5) is 24.5. The zero-order valence-electron chi connectivity index (χ0n) is 18.7. The van der Waals surface area contributed by atoms with Crippen LogP contribution in [0.3, 0.4) is 0 Å². The summed E-state index contributed by atoms with van der Waals surface area (Å²) in [5, 5.41) is 0. The summed E-state index contributed by atoms with van der Waals surface area (Å²) < 4.78 is 37.9. The minimum absolute atomic E-state index is 0.0606. The molecule has 0 fully saturated rings. The molecule has 0 aliphatic rings. The highest BCUT2D eigenvalue weighted by Crippen LogP contribution is 2.26. The van der Waals surface area contributed by atoms with E-state index in [2.05, 4.69) is 10.9 Å². The van der Waals surface area contributed by atoms with Crippen molar-refractivity contribution in [3.63, 3.8) is 0 Å². The highest BCUT2D eigenvalue weighted by atomic mass is 32.2. The monoisotopic (exact) mass is 483 g/mol. The van der Waals surface area contributed by atoms with Gasteiger partial charge in [0.1, 0.15) is 0 Å². The van der Waals surface area contributed by atoms with E-state index in [9.17, 15) is 18.0 Å². The van der Waals surface area contributed by atoms with E-state index in [1.807, 2.05) is 6.92 Å². The van der Waals surface area contributed by atoms with Crippen molar-refractivity contribution in [2.24, 2.45) is 0 Å². The molecule has 0 atom stereocenters. The number of nitrogens with one attached hydrogen (secondary N) is 2. The van der Waals surface area contributed by atoms with Crippen LogP contribution in [0, 0.1) is 0 Å². The lowest BCUT2D eigenvalue weighted by atomic mass is 10.2. The fourth-order valence-corrected chi connectivity index (χ4v) is 4.20. The van der Waals surface area contributed by atoms with E-state index >= 15 is 0 Å². The van der Waals surface area contributed by atoms with Gasteiger partial charge in [0.2, 0.25) is 0 Å². The van der Waals surface area contributed by atoms with E-state index < -0.39 is 21.8 Å². The number of carbonyl (C=O) groups is 2. The lowest BCUT2D eigenvalue weighted by molar-refractivity contribution is -0.123. The second-order valence-corrected chi connectivity index (χ2v) is 8.98. The van der Waals surface area contributed by atoms with Gasteiger partial charge in [-0.05, 0) is 49.4 Å². The van der Waals surface area contributed by atoms with Crippen LogP contribution in [0.15, 0.2) is 83.8 Å². The molecule has 3 rings (SSSR count). The Bertz CT molecular complexity index is 1250. The molecule has 178 valence electrons. The van der Waals surface area contributed by atoms with Crippen molar-refractivity contribution in [2.45, 2.75) is 11.8 Å². The first-order chi connectivity index (χ1) is 16.3. The molecule has 0 unspecified atom stereocenters. The van der Waals surface area contributed by atoms with Crippen LogP contribution in [-0.4, -0.2) is 40.5 Å². The molecule has 3 aromatic rings. The molecule has 34 heavy (non-hydrogen) atoms. The Labute approximate surface area is 198 Å². The van der Waals surface area contributed by atoms with Crippen LogP contribution in [0.5, 0.6) is 11.5 Å². The highest BCUT2D eigenvalue weighted by molar-refractivity contribution is 7.92. The predicted molar refractivity (Wildman–Crippen MR) is 127 cm³/mol. The summed E-state index contributed by atoms with van der Waals surface area (Å²) in [5.41, 5.74) is 5.04. The lowest BCUT2D eigenvalue weighted by Crippen LogP contribution is -2.43. The minimum Gasteiger partial charge on any atom is -0.490 e. The quantitative estimate of drug-likeness (QED) is 0.453. The Kier molecular flexibility index (Phi) is 8.10. The fourth-order valence-electron chi connectivity index (χ4n) is 2.95. The van der Waals surface area contributed by atoms with E-state index in [-0.39, 0.29) is 17.1 Å². The van der Waals surface area contributed by atoms with E-state index in [4.69, 9.17) is 9.47 Å². The summed E-state index contributed by atoms with van der Waals surface area (Å²) in [6, 6.07) is 21.0. The average molecular weight is 484 g/mol. The molecule has 0 bridgehead atoms. The standard InChI is InChI=1S/C24H25N3O6S/c1-3-32-21-14-7-8-15-22(21)33-17-23(28)25-26-24(29)18-10-9-13-20(16-18)34(30,31)27(2)19-11-5-4-6-12-19/h4-16H,3,17H2,1-2H3,(H,25,28)(H,26,29). The number of benzene rings is 3. The second-order valence-electron chi connectivity index (χ2n) is 7.01. The zero-order valence-corrected chi connectivity index (χ0v) is 19.5. The van der Waals surface area contributed by atoms with Gasteiger partial charge in [0.05, 0.1) is 17.2 Å². The highest BCUT2D eigenvalue weighted by Gasteiger charge is 2.22. The molecule has 0 spiro atoms. The largest absolute Gasteiger partial charge is 0.490 e. The number of carbonyl (C=O) groups excluding carboxylic acids is 2. The van der Waals surface area contributed by atoms with E-state index in [1.165, 1.54) is 31.3 Å². The molecule has 3 aromatic carbocycles. The molecule has 0 aliphatic carbocycles. The third kappa shape index (κ3) is 6.04. The minimum atomic E-state index is -3.89. The number of anilines is 1. The topological polar surface area (TPSA) is 114 Å². The number of hydrogen-bond donors (Lipinski definition) is 2. The van der Waals surface area contributed by atoms with Gasteiger partial charge < -0.3 is 9.47 Å². The van der Waals surface area contributed by atoms with Gasteiger partial charge in [0.15, 0.2) is 18.1 Å². The number of amides is 2. The van der Waals surface area contributed by atoms with Gasteiger partial charge in [-0.1, -0.05) is 36.4 Å². The SMILES string of the molecule is CCOc1ccccc1OCC(=O)NNC(=O)c1cccc(S(=O)(=O)N(C)c2ccccc2)c1. The molecule has 0 radical (unpaired) electrons. The smallest absolute Gasteiger partial charge is 0.276 e. The van der Waals surface area contributed by atoms with Crippen molar-refractivity contribution >= 4 is 27.5 Å². The number of nitrogens with zero attached hydrogens (tertiary/aromatic N) is 1. The van der Waals surface area contributed by atoms with E-state index in [1.54, 1.807) is 54.6 Å². The van der Waals surface area contributed by atoms with Gasteiger partial charge in [-0.15, -0.1) is 0 Å². The molecule has 0 saturated heterocycles. The molecule has 0 aliphatic heterocycles. The first-order valence-electron chi connectivity index (χ1n) is 10.4. The van der Waals surface area contributed by atoms with Gasteiger partial charge in [-0.2, -0.15) is 0 Å². The van der Waals surface area contributed by atoms with Crippen molar-refractivity contribution in [2.75, 3.05) is 24.6 Å². The lowest BCUT2D eigenvalue weighted by Gasteiger charge is -2.19. The van der Waals surface area contributed by atoms with Crippen molar-refractivity contribution in [1.29, 1.82) is 0 Å². The van der Waals surface area contributed by atoms with Crippen LogP contribution in [0.1, 0.15) is 17.3 Å². The zero-order chi connectivity index (χ0) is 24.6. The van der Waals surface area contributed by atoms with Crippen molar-refractivity contribution in [3.05, 3.63) is 84.4 Å². The molecular weight excluding hydrogens is 458 g/mol. The number of ether oxygens (including phenoxy) is 2. The van der Waals surface area contributed by atoms with Crippen LogP contribution in [0.2, 0.25) is 0 Å². The van der Waals surface area contributed by atoms with Crippen molar-refractivity contribution in [1.82, 2.24) is 10.9 Å². The number of sulfonamides is 1. The maximum absolute atomic E-state index is 13.0. The van der Waals surface area contributed by atoms with E-state index in [0.29, 0.717) is 23.8 Å². The molecule has 10 heteroatoms. The van der Waals surface area contributed by atoms with Gasteiger partial charge in [-0.3, -0.25) is 24.7 Å². The first-order valence-corrected chi connectivity index (χ1v) is 11.8. The normalized spacial score (nSPS) is 10.8. The maximum atomic E-state index is 13.0. The molecular formula is C24H25N3O6S. The van der Waals surface area contributed by atoms with Crippen molar-refractivity contribution < 1.29 is 27.5 Å². The van der Waals surface area contributed by atoms with E-state index in [0.717, 1.165) is 4.31 Å². The Balaban J connectivity index is 1.61. The Hall–Kier alpha value is -4.05. The van der Waals surface area contributed by atoms with Crippen LogP contribution in [0.25, 0.3) is 0 Å². The van der Waals surface area contributed by atoms with Gasteiger partial charge in [-0.25, -0.2) is 8.42 Å². The van der Waals surface area contributed by atoms with Crippen LogP contribution in [-0.2, 0) is 14.8 Å². The third-order valence-corrected chi connectivity index (χ3v) is 6.48. The Morgan fingerprint density at radius 3 is 2.18 bits per heavy atom. The number of hydrazine groups is 1. The first kappa shape index (κ1) is 24.6. The van der Waals surface area contributed by atoms with Gasteiger partial charge >= 0.3 is 0 Å². The third-order valence-electron chi connectivity index (χ3n) is 4.70. The van der Waals surface area contributed by atoms with Gasteiger partial charge in [0, 0.05) is 12.6 Å². The van der Waals surface area contributed by atoms with Crippen LogP contribution >= 0.6 is 0 Å². The molecule has 0 heterocycles. The Morgan fingerprint density at radius 1 is 0.853 bits per heavy atom. The predicted octanol–water partition coefficient (Wildman–Crippen LogP) is 2.75. The molecule has 9 nitrogen and oxygen atoms in total. The molecule has 2 N–H and O–H groups in total. The summed E-state index contributed by atoms with van der Waals surface area (Å²) in [6.45, 7) is 1.91. The molecule has 2 amide bonds.